The Hall–Kier alpha value is -0.570. The van der Waals surface area contributed by atoms with Crippen LogP contribution in [0, 0.1) is 5.92 Å². The van der Waals surface area contributed by atoms with E-state index in [-0.39, 0.29) is 6.04 Å². The van der Waals surface area contributed by atoms with E-state index in [1.54, 1.807) is 0 Å². The Bertz CT molecular complexity index is 178. The molecule has 0 aromatic carbocycles. The Balaban J connectivity index is 2.44. The van der Waals surface area contributed by atoms with Crippen molar-refractivity contribution in [3.63, 3.8) is 0 Å². The van der Waals surface area contributed by atoms with Gasteiger partial charge in [-0.25, -0.2) is 0 Å². The Morgan fingerprint density at radius 3 is 2.46 bits per heavy atom. The van der Waals surface area contributed by atoms with Gasteiger partial charge in [-0.15, -0.1) is 0 Å². The van der Waals surface area contributed by atoms with E-state index in [1.807, 2.05) is 13.8 Å². The molecule has 0 heterocycles. The van der Waals surface area contributed by atoms with Crippen LogP contribution < -0.4 is 0 Å². The summed E-state index contributed by atoms with van der Waals surface area (Å²) in [6.45, 7) is 5.80. The van der Waals surface area contributed by atoms with Crippen LogP contribution in [0.5, 0.6) is 0 Å². The molecule has 0 aliphatic heterocycles. The highest BCUT2D eigenvalue weighted by Crippen LogP contribution is 2.30. The zero-order valence-corrected chi connectivity index (χ0v) is 8.49. The number of hydrogen-bond donors (Lipinski definition) is 1. The van der Waals surface area contributed by atoms with Crippen LogP contribution in [0.25, 0.3) is 0 Å². The van der Waals surface area contributed by atoms with Crippen molar-refractivity contribution >= 4 is 5.97 Å². The van der Waals surface area contributed by atoms with Gasteiger partial charge < -0.3 is 5.11 Å². The van der Waals surface area contributed by atoms with Crippen LogP contribution in [0.4, 0.5) is 0 Å². The first-order valence-electron chi connectivity index (χ1n) is 5.15. The molecule has 0 bridgehead atoms. The van der Waals surface area contributed by atoms with Crippen molar-refractivity contribution in [2.45, 2.75) is 39.2 Å². The number of rotatable bonds is 6. The monoisotopic (exact) mass is 185 g/mol. The van der Waals surface area contributed by atoms with Crippen LogP contribution in [-0.2, 0) is 4.79 Å². The van der Waals surface area contributed by atoms with Crippen LogP contribution in [0.2, 0.25) is 0 Å². The van der Waals surface area contributed by atoms with E-state index < -0.39 is 5.97 Å². The maximum atomic E-state index is 10.9. The molecule has 3 nitrogen and oxygen atoms in total. The summed E-state index contributed by atoms with van der Waals surface area (Å²) in [5.74, 6) is 0.0957. The van der Waals surface area contributed by atoms with Gasteiger partial charge in [-0.3, -0.25) is 9.69 Å². The molecule has 1 N–H and O–H groups in total. The second-order valence-electron chi connectivity index (χ2n) is 3.79. The number of carbonyl (C=O) groups is 1. The van der Waals surface area contributed by atoms with Crippen molar-refractivity contribution in [1.82, 2.24) is 4.90 Å². The van der Waals surface area contributed by atoms with Gasteiger partial charge in [-0.05, 0) is 31.7 Å². The molecule has 0 spiro atoms. The van der Waals surface area contributed by atoms with Crippen molar-refractivity contribution in [3.8, 4) is 0 Å². The lowest BCUT2D eigenvalue weighted by Gasteiger charge is -2.26. The van der Waals surface area contributed by atoms with Crippen LogP contribution in [-0.4, -0.2) is 35.1 Å². The van der Waals surface area contributed by atoms with Gasteiger partial charge in [-0.1, -0.05) is 13.8 Å². The molecule has 3 heteroatoms. The number of carboxylic acids is 1. The lowest BCUT2D eigenvalue weighted by atomic mass is 10.2. The van der Waals surface area contributed by atoms with Gasteiger partial charge in [-0.2, -0.15) is 0 Å². The van der Waals surface area contributed by atoms with Crippen LogP contribution in [0.3, 0.4) is 0 Å². The first-order chi connectivity index (χ1) is 6.19. The number of carboxylic acid groups (broad SMARTS) is 1. The average Bonchev–Trinajstić information content (AvgIpc) is 2.87. The van der Waals surface area contributed by atoms with Crippen LogP contribution >= 0.6 is 0 Å². The van der Waals surface area contributed by atoms with E-state index in [9.17, 15) is 4.79 Å². The van der Waals surface area contributed by atoms with E-state index in [2.05, 4.69) is 4.90 Å². The minimum absolute atomic E-state index is 0.273. The maximum Gasteiger partial charge on any atom is 0.320 e. The summed E-state index contributed by atoms with van der Waals surface area (Å²) < 4.78 is 0. The number of likely N-dealkylation sites (N-methyl/N-ethyl adjacent to an activating group) is 1. The third-order valence-corrected chi connectivity index (χ3v) is 2.71. The third kappa shape index (κ3) is 2.99. The maximum absolute atomic E-state index is 10.9. The third-order valence-electron chi connectivity index (χ3n) is 2.71. The molecule has 1 atom stereocenters. The molecule has 0 aromatic rings. The summed E-state index contributed by atoms with van der Waals surface area (Å²) in [7, 11) is 0. The summed E-state index contributed by atoms with van der Waals surface area (Å²) in [5, 5.41) is 8.97. The van der Waals surface area contributed by atoms with Crippen molar-refractivity contribution in [2.75, 3.05) is 13.1 Å². The Morgan fingerprint density at radius 2 is 2.15 bits per heavy atom. The molecule has 1 rings (SSSR count). The SMILES string of the molecule is CCC(C(=O)O)N(CC)CC1CC1. The van der Waals surface area contributed by atoms with Crippen molar-refractivity contribution in [1.29, 1.82) is 0 Å². The molecule has 1 aliphatic carbocycles. The Labute approximate surface area is 79.7 Å². The molecular formula is C10H19NO2. The zero-order chi connectivity index (χ0) is 9.84. The summed E-state index contributed by atoms with van der Waals surface area (Å²) in [6.07, 6.45) is 3.27. The molecule has 1 unspecified atom stereocenters. The van der Waals surface area contributed by atoms with E-state index in [0.29, 0.717) is 6.42 Å². The lowest BCUT2D eigenvalue weighted by molar-refractivity contribution is -0.143. The minimum atomic E-state index is -0.676. The average molecular weight is 185 g/mol. The predicted molar refractivity (Wildman–Crippen MR) is 51.7 cm³/mol. The number of nitrogens with zero attached hydrogens (tertiary/aromatic N) is 1. The Morgan fingerprint density at radius 1 is 1.54 bits per heavy atom. The summed E-state index contributed by atoms with van der Waals surface area (Å²) in [5.41, 5.74) is 0. The molecule has 0 amide bonds. The van der Waals surface area contributed by atoms with Crippen molar-refractivity contribution in [2.24, 2.45) is 5.92 Å². The summed E-state index contributed by atoms with van der Waals surface area (Å²) in [6, 6.07) is -0.273. The first-order valence-corrected chi connectivity index (χ1v) is 5.15. The minimum Gasteiger partial charge on any atom is -0.480 e. The second-order valence-corrected chi connectivity index (χ2v) is 3.79. The fourth-order valence-electron chi connectivity index (χ4n) is 1.70. The van der Waals surface area contributed by atoms with Crippen molar-refractivity contribution in [3.05, 3.63) is 0 Å². The van der Waals surface area contributed by atoms with Gasteiger partial charge in [0.15, 0.2) is 0 Å². The molecule has 1 aliphatic rings. The standard InChI is InChI=1S/C10H19NO2/c1-3-9(10(12)13)11(4-2)7-8-5-6-8/h8-9H,3-7H2,1-2H3,(H,12,13). The van der Waals surface area contributed by atoms with Gasteiger partial charge in [0.1, 0.15) is 6.04 Å². The predicted octanol–water partition coefficient (Wildman–Crippen LogP) is 1.58. The molecular weight excluding hydrogens is 166 g/mol. The summed E-state index contributed by atoms with van der Waals surface area (Å²) in [4.78, 5) is 13.0. The summed E-state index contributed by atoms with van der Waals surface area (Å²) >= 11 is 0. The van der Waals surface area contributed by atoms with Gasteiger partial charge in [0.2, 0.25) is 0 Å². The zero-order valence-electron chi connectivity index (χ0n) is 8.49. The van der Waals surface area contributed by atoms with Gasteiger partial charge >= 0.3 is 5.97 Å². The van der Waals surface area contributed by atoms with E-state index in [4.69, 9.17) is 5.11 Å². The highest BCUT2D eigenvalue weighted by atomic mass is 16.4. The molecule has 13 heavy (non-hydrogen) atoms. The molecule has 1 saturated carbocycles. The smallest absolute Gasteiger partial charge is 0.320 e. The van der Waals surface area contributed by atoms with Gasteiger partial charge in [0, 0.05) is 6.54 Å². The van der Waals surface area contributed by atoms with E-state index in [0.717, 1.165) is 19.0 Å². The molecule has 0 saturated heterocycles. The topological polar surface area (TPSA) is 40.5 Å². The van der Waals surface area contributed by atoms with Crippen molar-refractivity contribution < 1.29 is 9.90 Å². The molecule has 76 valence electrons. The highest BCUT2D eigenvalue weighted by Gasteiger charge is 2.29. The molecule has 1 fully saturated rings. The second kappa shape index (κ2) is 4.61. The first kappa shape index (κ1) is 10.5. The van der Waals surface area contributed by atoms with Gasteiger partial charge in [0.25, 0.3) is 0 Å². The van der Waals surface area contributed by atoms with E-state index in [1.165, 1.54) is 12.8 Å². The van der Waals surface area contributed by atoms with Crippen LogP contribution in [0.1, 0.15) is 33.1 Å². The highest BCUT2D eigenvalue weighted by molar-refractivity contribution is 5.73. The Kier molecular flexibility index (Phi) is 3.72. The fourth-order valence-corrected chi connectivity index (χ4v) is 1.70. The van der Waals surface area contributed by atoms with Gasteiger partial charge in [0.05, 0.1) is 0 Å². The van der Waals surface area contributed by atoms with E-state index >= 15 is 0 Å². The van der Waals surface area contributed by atoms with Crippen LogP contribution in [0.15, 0.2) is 0 Å². The fraction of sp³-hybridized carbons (Fsp3) is 0.900. The quantitative estimate of drug-likeness (QED) is 0.683. The largest absolute Gasteiger partial charge is 0.480 e. The molecule has 0 aromatic heterocycles. The number of aliphatic carboxylic acids is 1. The normalized spacial score (nSPS) is 19.0. The number of hydrogen-bond acceptors (Lipinski definition) is 2. The molecule has 0 radical (unpaired) electrons. The lowest BCUT2D eigenvalue weighted by Crippen LogP contribution is -2.41.